The summed E-state index contributed by atoms with van der Waals surface area (Å²) in [5.41, 5.74) is 0.520. The van der Waals surface area contributed by atoms with Gasteiger partial charge in [-0.15, -0.1) is 0 Å². The summed E-state index contributed by atoms with van der Waals surface area (Å²) >= 11 is 0. The second-order valence-electron chi connectivity index (χ2n) is 5.00. The molecule has 0 spiro atoms. The van der Waals surface area contributed by atoms with Gasteiger partial charge in [-0.05, 0) is 19.4 Å². The molecule has 0 aliphatic heterocycles. The van der Waals surface area contributed by atoms with Gasteiger partial charge in [0.1, 0.15) is 0 Å². The number of aliphatic hydroxyl groups is 1. The van der Waals surface area contributed by atoms with E-state index in [1.165, 1.54) is 14.0 Å². The average molecular weight is 287 g/mol. The molecule has 0 saturated carbocycles. The molecule has 108 valence electrons. The molecule has 0 saturated heterocycles. The monoisotopic (exact) mass is 287 g/mol. The van der Waals surface area contributed by atoms with E-state index in [-0.39, 0.29) is 18.9 Å². The first-order chi connectivity index (χ1) is 8.74. The molecule has 0 heterocycles. The maximum absolute atomic E-state index is 11.9. The molecule has 1 atom stereocenters. The Bertz CT molecular complexity index is 511. The Balaban J connectivity index is 2.62. The van der Waals surface area contributed by atoms with Crippen molar-refractivity contribution in [3.8, 4) is 0 Å². The van der Waals surface area contributed by atoms with Crippen LogP contribution in [0.1, 0.15) is 18.1 Å². The molecular formula is C13H21NO4S. The van der Waals surface area contributed by atoms with Gasteiger partial charge in [-0.25, -0.2) is 13.1 Å². The van der Waals surface area contributed by atoms with Gasteiger partial charge in [0, 0.05) is 13.7 Å². The molecule has 0 bridgehead atoms. The van der Waals surface area contributed by atoms with Crippen molar-refractivity contribution >= 4 is 10.0 Å². The Labute approximate surface area is 114 Å². The number of benzene rings is 1. The van der Waals surface area contributed by atoms with Crippen molar-refractivity contribution in [1.82, 2.24) is 4.72 Å². The predicted molar refractivity (Wildman–Crippen MR) is 74.3 cm³/mol. The zero-order valence-corrected chi connectivity index (χ0v) is 12.3. The summed E-state index contributed by atoms with van der Waals surface area (Å²) in [6.07, 6.45) is 0. The Kier molecular flexibility index (Phi) is 5.49. The molecule has 5 nitrogen and oxygen atoms in total. The van der Waals surface area contributed by atoms with E-state index in [4.69, 9.17) is 4.74 Å². The van der Waals surface area contributed by atoms with Gasteiger partial charge in [-0.1, -0.05) is 29.8 Å². The lowest BCUT2D eigenvalue weighted by atomic mass is 10.1. The summed E-state index contributed by atoms with van der Waals surface area (Å²) in [5, 5.41) is 9.84. The van der Waals surface area contributed by atoms with Crippen molar-refractivity contribution in [1.29, 1.82) is 0 Å². The molecule has 2 N–H and O–H groups in total. The van der Waals surface area contributed by atoms with Crippen molar-refractivity contribution in [2.75, 3.05) is 20.3 Å². The van der Waals surface area contributed by atoms with Crippen LogP contribution in [-0.4, -0.2) is 39.4 Å². The van der Waals surface area contributed by atoms with E-state index in [9.17, 15) is 13.5 Å². The Morgan fingerprint density at radius 3 is 2.68 bits per heavy atom. The largest absolute Gasteiger partial charge is 0.386 e. The van der Waals surface area contributed by atoms with Crippen LogP contribution in [-0.2, 0) is 20.5 Å². The first-order valence-electron chi connectivity index (χ1n) is 5.98. The van der Waals surface area contributed by atoms with Gasteiger partial charge < -0.3 is 9.84 Å². The van der Waals surface area contributed by atoms with E-state index in [1.54, 1.807) is 6.07 Å². The lowest BCUT2D eigenvalue weighted by molar-refractivity contribution is -0.0120. The molecular weight excluding hydrogens is 266 g/mol. The van der Waals surface area contributed by atoms with Crippen molar-refractivity contribution in [2.24, 2.45) is 0 Å². The highest BCUT2D eigenvalue weighted by Gasteiger charge is 2.23. The van der Waals surface area contributed by atoms with Gasteiger partial charge in [0.2, 0.25) is 10.0 Å². The molecule has 1 aromatic carbocycles. The number of aryl methyl sites for hydroxylation is 1. The number of rotatable bonds is 7. The smallest absolute Gasteiger partial charge is 0.215 e. The fourth-order valence-electron chi connectivity index (χ4n) is 1.70. The van der Waals surface area contributed by atoms with E-state index in [1.807, 2.05) is 25.1 Å². The zero-order valence-electron chi connectivity index (χ0n) is 11.5. The highest BCUT2D eigenvalue weighted by atomic mass is 32.2. The van der Waals surface area contributed by atoms with E-state index in [0.29, 0.717) is 0 Å². The Morgan fingerprint density at radius 2 is 2.11 bits per heavy atom. The highest BCUT2D eigenvalue weighted by Crippen LogP contribution is 2.09. The topological polar surface area (TPSA) is 75.6 Å². The molecule has 1 rings (SSSR count). The summed E-state index contributed by atoms with van der Waals surface area (Å²) in [5.74, 6) is -0.0995. The normalized spacial score (nSPS) is 15.2. The highest BCUT2D eigenvalue weighted by molar-refractivity contribution is 7.88. The Hall–Kier alpha value is -0.950. The van der Waals surface area contributed by atoms with Crippen LogP contribution in [0.15, 0.2) is 24.3 Å². The zero-order chi connectivity index (χ0) is 14.5. The maximum Gasteiger partial charge on any atom is 0.215 e. The minimum absolute atomic E-state index is 0.0694. The molecule has 0 unspecified atom stereocenters. The van der Waals surface area contributed by atoms with E-state index < -0.39 is 15.6 Å². The molecule has 0 aliphatic carbocycles. The molecule has 0 aliphatic rings. The third-order valence-electron chi connectivity index (χ3n) is 2.57. The second-order valence-corrected chi connectivity index (χ2v) is 6.81. The quantitative estimate of drug-likeness (QED) is 0.778. The predicted octanol–water partition coefficient (Wildman–Crippen LogP) is 0.812. The van der Waals surface area contributed by atoms with Crippen LogP contribution in [0.3, 0.4) is 0 Å². The van der Waals surface area contributed by atoms with E-state index >= 15 is 0 Å². The summed E-state index contributed by atoms with van der Waals surface area (Å²) in [6, 6.07) is 7.32. The molecule has 0 fully saturated rings. The SMILES string of the molecule is COC[C@](C)(O)CNS(=O)(=O)Cc1cccc(C)c1. The summed E-state index contributed by atoms with van der Waals surface area (Å²) in [7, 11) is -2.01. The number of nitrogens with one attached hydrogen (secondary N) is 1. The van der Waals surface area contributed by atoms with Crippen molar-refractivity contribution in [3.05, 3.63) is 35.4 Å². The third-order valence-corrected chi connectivity index (χ3v) is 3.86. The number of ether oxygens (including phenoxy) is 1. The number of sulfonamides is 1. The number of hydrogen-bond donors (Lipinski definition) is 2. The van der Waals surface area contributed by atoms with Gasteiger partial charge in [0.15, 0.2) is 0 Å². The average Bonchev–Trinajstić information content (AvgIpc) is 2.26. The van der Waals surface area contributed by atoms with Gasteiger partial charge in [0.05, 0.1) is 18.0 Å². The third kappa shape index (κ3) is 6.15. The maximum atomic E-state index is 11.9. The van der Waals surface area contributed by atoms with Gasteiger partial charge in [-0.2, -0.15) is 0 Å². The summed E-state index contributed by atoms with van der Waals surface area (Å²) < 4.78 is 31.0. The molecule has 19 heavy (non-hydrogen) atoms. The Morgan fingerprint density at radius 1 is 1.42 bits per heavy atom. The van der Waals surface area contributed by atoms with Crippen LogP contribution in [0.4, 0.5) is 0 Å². The second kappa shape index (κ2) is 6.47. The van der Waals surface area contributed by atoms with E-state index in [2.05, 4.69) is 4.72 Å². The van der Waals surface area contributed by atoms with Crippen LogP contribution < -0.4 is 4.72 Å². The van der Waals surface area contributed by atoms with Gasteiger partial charge in [0.25, 0.3) is 0 Å². The van der Waals surface area contributed by atoms with Crippen LogP contribution in [0.5, 0.6) is 0 Å². The van der Waals surface area contributed by atoms with Crippen LogP contribution in [0.2, 0.25) is 0 Å². The lowest BCUT2D eigenvalue weighted by Crippen LogP contribution is -2.44. The standard InChI is InChI=1S/C13H21NO4S/c1-11-5-4-6-12(7-11)8-19(16,17)14-9-13(2,15)10-18-3/h4-7,14-15H,8-10H2,1-3H3/t13-/m1/s1. The molecule has 0 aromatic heterocycles. The van der Waals surface area contributed by atoms with Crippen LogP contribution in [0.25, 0.3) is 0 Å². The van der Waals surface area contributed by atoms with Crippen molar-refractivity contribution in [2.45, 2.75) is 25.2 Å². The van der Waals surface area contributed by atoms with Gasteiger partial charge >= 0.3 is 0 Å². The fraction of sp³-hybridized carbons (Fsp3) is 0.538. The fourth-order valence-corrected chi connectivity index (χ4v) is 2.95. The summed E-state index contributed by atoms with van der Waals surface area (Å²) in [6.45, 7) is 3.42. The lowest BCUT2D eigenvalue weighted by Gasteiger charge is -2.22. The van der Waals surface area contributed by atoms with Crippen LogP contribution in [0, 0.1) is 6.92 Å². The van der Waals surface area contributed by atoms with E-state index in [0.717, 1.165) is 11.1 Å². The molecule has 0 amide bonds. The number of methoxy groups -OCH3 is 1. The van der Waals surface area contributed by atoms with Gasteiger partial charge in [-0.3, -0.25) is 0 Å². The summed E-state index contributed by atoms with van der Waals surface area (Å²) in [4.78, 5) is 0. The minimum Gasteiger partial charge on any atom is -0.386 e. The van der Waals surface area contributed by atoms with Crippen molar-refractivity contribution < 1.29 is 18.3 Å². The molecule has 1 aromatic rings. The van der Waals surface area contributed by atoms with Crippen molar-refractivity contribution in [3.63, 3.8) is 0 Å². The molecule has 6 heteroatoms. The number of hydrogen-bond acceptors (Lipinski definition) is 4. The molecule has 0 radical (unpaired) electrons. The minimum atomic E-state index is -3.47. The first kappa shape index (κ1) is 16.1. The first-order valence-corrected chi connectivity index (χ1v) is 7.63. The van der Waals surface area contributed by atoms with Crippen LogP contribution >= 0.6 is 0 Å².